The van der Waals surface area contributed by atoms with Crippen LogP contribution in [0.25, 0.3) is 0 Å². The number of hydrogen-bond acceptors (Lipinski definition) is 5. The van der Waals surface area contributed by atoms with Gasteiger partial charge in [0.15, 0.2) is 5.11 Å². The van der Waals surface area contributed by atoms with E-state index in [2.05, 4.69) is 43.5 Å². The Morgan fingerprint density at radius 3 is 2.73 bits per heavy atom. The molecule has 8 nitrogen and oxygen atoms in total. The molecule has 1 saturated heterocycles. The molecule has 2 aromatic heterocycles. The fraction of sp³-hybridized carbons (Fsp3) is 0.393. The fourth-order valence-electron chi connectivity index (χ4n) is 5.44. The van der Waals surface area contributed by atoms with Gasteiger partial charge in [-0.25, -0.2) is 0 Å². The van der Waals surface area contributed by atoms with Gasteiger partial charge in [0.25, 0.3) is 0 Å². The molecule has 3 aromatic rings. The van der Waals surface area contributed by atoms with Gasteiger partial charge in [-0.15, -0.1) is 0 Å². The summed E-state index contributed by atoms with van der Waals surface area (Å²) in [6.07, 6.45) is 12.6. The fourth-order valence-corrected chi connectivity index (χ4v) is 5.79. The number of hydrogen-bond donors (Lipinski definition) is 2. The van der Waals surface area contributed by atoms with E-state index >= 15 is 0 Å². The van der Waals surface area contributed by atoms with E-state index in [-0.39, 0.29) is 24.6 Å². The summed E-state index contributed by atoms with van der Waals surface area (Å²) in [5.41, 5.74) is 3.49. The Bertz CT molecular complexity index is 1240. The number of nitrogens with one attached hydrogen (secondary N) is 2. The van der Waals surface area contributed by atoms with Crippen molar-refractivity contribution >= 4 is 34.6 Å². The van der Waals surface area contributed by atoms with Crippen molar-refractivity contribution in [2.24, 2.45) is 0 Å². The lowest BCUT2D eigenvalue weighted by molar-refractivity contribution is -0.119. The summed E-state index contributed by atoms with van der Waals surface area (Å²) in [6.45, 7) is -0.0455. The summed E-state index contributed by atoms with van der Waals surface area (Å²) in [4.78, 5) is 19.1. The minimum Gasteiger partial charge on any atom is -0.495 e. The minimum absolute atomic E-state index is 0.0455. The van der Waals surface area contributed by atoms with Crippen LogP contribution in [0, 0.1) is 0 Å². The molecule has 1 aliphatic carbocycles. The third kappa shape index (κ3) is 5.33. The maximum atomic E-state index is 12.3. The van der Waals surface area contributed by atoms with Gasteiger partial charge in [-0.2, -0.15) is 0 Å². The monoisotopic (exact) mass is 519 g/mol. The zero-order valence-corrected chi connectivity index (χ0v) is 22.0. The number of aromatic nitrogens is 2. The molecule has 9 heteroatoms. The normalized spacial score (nSPS) is 20.1. The van der Waals surface area contributed by atoms with Gasteiger partial charge in [0.1, 0.15) is 12.4 Å². The number of thiocarbonyl (C=S) groups is 1. The van der Waals surface area contributed by atoms with Crippen LogP contribution < -0.4 is 20.3 Å². The third-order valence-electron chi connectivity index (χ3n) is 7.18. The number of pyridine rings is 1. The Morgan fingerprint density at radius 1 is 1.16 bits per heavy atom. The first-order valence-electron chi connectivity index (χ1n) is 12.7. The molecule has 3 heterocycles. The molecule has 194 valence electrons. The molecule has 0 spiro atoms. The molecule has 5 rings (SSSR count). The molecule has 1 aromatic carbocycles. The highest BCUT2D eigenvalue weighted by Crippen LogP contribution is 2.43. The molecule has 1 saturated carbocycles. The number of nitrogens with zero attached hydrogens (tertiary/aromatic N) is 3. The number of anilines is 2. The summed E-state index contributed by atoms with van der Waals surface area (Å²) < 4.78 is 12.9. The number of carbonyl (C=O) groups is 1. The average Bonchev–Trinajstić information content (AvgIpc) is 3.54. The second-order valence-corrected chi connectivity index (χ2v) is 9.93. The molecule has 0 unspecified atom stereocenters. The number of rotatable bonds is 8. The van der Waals surface area contributed by atoms with Gasteiger partial charge in [-0.3, -0.25) is 9.78 Å². The number of benzene rings is 1. The number of carbonyl (C=O) groups excluding carboxylic acids is 1. The molecular formula is C28H33N5O3S. The molecule has 37 heavy (non-hydrogen) atoms. The van der Waals surface area contributed by atoms with Gasteiger partial charge in [0, 0.05) is 37.4 Å². The van der Waals surface area contributed by atoms with Crippen LogP contribution >= 0.6 is 12.2 Å². The van der Waals surface area contributed by atoms with E-state index < -0.39 is 0 Å². The second-order valence-electron chi connectivity index (χ2n) is 9.55. The first kappa shape index (κ1) is 25.2. The Labute approximate surface area is 223 Å². The Kier molecular flexibility index (Phi) is 7.71. The van der Waals surface area contributed by atoms with Crippen molar-refractivity contribution in [1.29, 1.82) is 0 Å². The van der Waals surface area contributed by atoms with E-state index in [1.165, 1.54) is 39.2 Å². The van der Waals surface area contributed by atoms with Crippen LogP contribution in [0.3, 0.4) is 0 Å². The maximum absolute atomic E-state index is 12.3. The second kappa shape index (κ2) is 11.3. The van der Waals surface area contributed by atoms with E-state index in [1.807, 2.05) is 42.6 Å². The third-order valence-corrected chi connectivity index (χ3v) is 7.50. The van der Waals surface area contributed by atoms with Crippen LogP contribution in [0.4, 0.5) is 11.4 Å². The number of amides is 1. The molecule has 1 aliphatic heterocycles. The van der Waals surface area contributed by atoms with E-state index in [0.717, 1.165) is 16.9 Å². The predicted octanol–water partition coefficient (Wildman–Crippen LogP) is 5.16. The summed E-state index contributed by atoms with van der Waals surface area (Å²) in [5, 5.41) is 7.00. The molecule has 1 amide bonds. The van der Waals surface area contributed by atoms with Crippen molar-refractivity contribution in [2.45, 2.75) is 50.2 Å². The van der Waals surface area contributed by atoms with Crippen LogP contribution in [0.5, 0.6) is 5.75 Å². The number of methoxy groups -OCH3 is 2. The highest BCUT2D eigenvalue weighted by molar-refractivity contribution is 7.80. The summed E-state index contributed by atoms with van der Waals surface area (Å²) in [5.74, 6) is 0.306. The van der Waals surface area contributed by atoms with E-state index in [0.29, 0.717) is 22.6 Å². The average molecular weight is 520 g/mol. The van der Waals surface area contributed by atoms with Crippen LogP contribution in [-0.4, -0.2) is 41.4 Å². The Hall–Kier alpha value is -3.43. The first-order chi connectivity index (χ1) is 18.1. The zero-order chi connectivity index (χ0) is 25.8. The lowest BCUT2D eigenvalue weighted by atomic mass is 9.95. The standard InChI is InChI=1S/C28H33N5O3S/c1-35-18-25(34)30-23-16-21(11-12-24(23)36-2)33-27(26(31-28(33)37)22-10-6-7-14-29-22)19-13-15-32(17-19)20-8-4-3-5-9-20/h6-7,10-17,20,26-27H,3-5,8-9,18H2,1-2H3,(H,30,34)(H,31,37)/t26-,27-/m1/s1. The van der Waals surface area contributed by atoms with Crippen LogP contribution in [0.2, 0.25) is 0 Å². The SMILES string of the molecule is COCC(=O)Nc1cc(N2C(=S)N[C@H](c3ccccn3)[C@H]2c2ccn(C3CCCCC3)c2)ccc1OC. The lowest BCUT2D eigenvalue weighted by Gasteiger charge is -2.28. The van der Waals surface area contributed by atoms with Crippen molar-refractivity contribution in [3.63, 3.8) is 0 Å². The van der Waals surface area contributed by atoms with Gasteiger partial charge in [0.05, 0.1) is 30.6 Å². The van der Waals surface area contributed by atoms with Gasteiger partial charge < -0.3 is 29.6 Å². The number of ether oxygens (including phenoxy) is 2. The van der Waals surface area contributed by atoms with E-state index in [4.69, 9.17) is 21.7 Å². The van der Waals surface area contributed by atoms with Crippen LogP contribution in [0.15, 0.2) is 61.1 Å². The smallest absolute Gasteiger partial charge is 0.250 e. The highest BCUT2D eigenvalue weighted by atomic mass is 32.1. The largest absolute Gasteiger partial charge is 0.495 e. The van der Waals surface area contributed by atoms with E-state index in [1.54, 1.807) is 7.11 Å². The van der Waals surface area contributed by atoms with Crippen molar-refractivity contribution in [3.05, 3.63) is 72.3 Å². The predicted molar refractivity (Wildman–Crippen MR) is 148 cm³/mol. The van der Waals surface area contributed by atoms with Crippen molar-refractivity contribution < 1.29 is 14.3 Å². The van der Waals surface area contributed by atoms with Crippen LogP contribution in [-0.2, 0) is 9.53 Å². The highest BCUT2D eigenvalue weighted by Gasteiger charge is 2.41. The van der Waals surface area contributed by atoms with Gasteiger partial charge >= 0.3 is 0 Å². The molecular weight excluding hydrogens is 486 g/mol. The molecule has 2 fully saturated rings. The Balaban J connectivity index is 1.54. The Morgan fingerprint density at radius 2 is 2.00 bits per heavy atom. The van der Waals surface area contributed by atoms with Gasteiger partial charge in [-0.1, -0.05) is 25.3 Å². The lowest BCUT2D eigenvalue weighted by Crippen LogP contribution is -2.29. The molecule has 2 aliphatic rings. The summed E-state index contributed by atoms with van der Waals surface area (Å²) in [7, 11) is 3.07. The molecule has 2 atom stereocenters. The topological polar surface area (TPSA) is 80.7 Å². The summed E-state index contributed by atoms with van der Waals surface area (Å²) in [6, 6.07) is 14.1. The molecule has 0 bridgehead atoms. The van der Waals surface area contributed by atoms with Crippen molar-refractivity contribution in [2.75, 3.05) is 31.0 Å². The molecule has 0 radical (unpaired) electrons. The van der Waals surface area contributed by atoms with Crippen LogP contribution in [0.1, 0.15) is 61.5 Å². The maximum Gasteiger partial charge on any atom is 0.250 e. The zero-order valence-electron chi connectivity index (χ0n) is 21.2. The van der Waals surface area contributed by atoms with Crippen molar-refractivity contribution in [1.82, 2.24) is 14.9 Å². The van der Waals surface area contributed by atoms with Gasteiger partial charge in [0.2, 0.25) is 5.91 Å². The quantitative estimate of drug-likeness (QED) is 0.398. The minimum atomic E-state index is -0.257. The van der Waals surface area contributed by atoms with Crippen molar-refractivity contribution in [3.8, 4) is 5.75 Å². The van der Waals surface area contributed by atoms with Gasteiger partial charge in [-0.05, 0) is 67.0 Å². The van der Waals surface area contributed by atoms with E-state index in [9.17, 15) is 4.79 Å². The summed E-state index contributed by atoms with van der Waals surface area (Å²) >= 11 is 5.88. The molecule has 2 N–H and O–H groups in total. The first-order valence-corrected chi connectivity index (χ1v) is 13.1.